The van der Waals surface area contributed by atoms with Gasteiger partial charge in [0.2, 0.25) is 5.95 Å². The molecular formula is C24H31FN4O8. The van der Waals surface area contributed by atoms with Gasteiger partial charge in [-0.15, -0.1) is 0 Å². The van der Waals surface area contributed by atoms with Crippen LogP contribution in [0.2, 0.25) is 0 Å². The number of carboxylic acids is 3. The third-order valence-electron chi connectivity index (χ3n) is 5.84. The molecule has 1 aromatic heterocycles. The van der Waals surface area contributed by atoms with Crippen LogP contribution in [0.1, 0.15) is 36.8 Å². The molecule has 5 N–H and O–H groups in total. The summed E-state index contributed by atoms with van der Waals surface area (Å²) in [5.74, 6) is -4.66. The molecule has 2 aromatic rings. The molecule has 0 saturated carbocycles. The zero-order valence-electron chi connectivity index (χ0n) is 20.5. The summed E-state index contributed by atoms with van der Waals surface area (Å²) >= 11 is 0. The Hall–Kier alpha value is -3.68. The molecule has 0 unspecified atom stereocenters. The van der Waals surface area contributed by atoms with Gasteiger partial charge >= 0.3 is 17.9 Å². The predicted octanol–water partition coefficient (Wildman–Crippen LogP) is 0.917. The molecule has 0 radical (unpaired) electrons. The van der Waals surface area contributed by atoms with E-state index in [0.29, 0.717) is 37.4 Å². The molecule has 3 rings (SSSR count). The molecule has 0 bridgehead atoms. The van der Waals surface area contributed by atoms with Crippen molar-refractivity contribution in [1.29, 1.82) is 0 Å². The van der Waals surface area contributed by atoms with Crippen molar-refractivity contribution in [2.75, 3.05) is 32.1 Å². The Balaban J connectivity index is 0.000000317. The van der Waals surface area contributed by atoms with Crippen LogP contribution in [0, 0.1) is 5.82 Å². The van der Waals surface area contributed by atoms with E-state index in [2.05, 4.69) is 14.9 Å². The van der Waals surface area contributed by atoms with Crippen molar-refractivity contribution in [3.63, 3.8) is 0 Å². The minimum atomic E-state index is -2.74. The molecule has 0 aliphatic carbocycles. The molecule has 0 atom stereocenters. The molecule has 1 aromatic carbocycles. The molecule has 0 spiro atoms. The Kier molecular flexibility index (Phi) is 10.00. The van der Waals surface area contributed by atoms with Gasteiger partial charge in [-0.05, 0) is 18.9 Å². The number of anilines is 1. The molecule has 1 saturated heterocycles. The van der Waals surface area contributed by atoms with Gasteiger partial charge in [0, 0.05) is 57.3 Å². The Morgan fingerprint density at radius 2 is 1.54 bits per heavy atom. The topological polar surface area (TPSA) is 185 Å². The van der Waals surface area contributed by atoms with E-state index in [4.69, 9.17) is 20.4 Å². The number of likely N-dealkylation sites (tertiary alicyclic amines) is 1. The van der Waals surface area contributed by atoms with Gasteiger partial charge < -0.3 is 30.4 Å². The van der Waals surface area contributed by atoms with Crippen LogP contribution in [0.3, 0.4) is 0 Å². The first-order chi connectivity index (χ1) is 17.3. The van der Waals surface area contributed by atoms with Gasteiger partial charge in [-0.2, -0.15) is 0 Å². The Morgan fingerprint density at radius 1 is 1.03 bits per heavy atom. The van der Waals surface area contributed by atoms with E-state index < -0.39 is 42.0 Å². The van der Waals surface area contributed by atoms with Crippen LogP contribution in [0.15, 0.2) is 36.7 Å². The van der Waals surface area contributed by atoms with Crippen LogP contribution in [0.5, 0.6) is 0 Å². The van der Waals surface area contributed by atoms with Crippen molar-refractivity contribution in [2.45, 2.75) is 43.4 Å². The van der Waals surface area contributed by atoms with Crippen molar-refractivity contribution in [3.05, 3.63) is 53.6 Å². The van der Waals surface area contributed by atoms with Gasteiger partial charge in [0.05, 0.1) is 18.4 Å². The van der Waals surface area contributed by atoms with Crippen molar-refractivity contribution < 1.29 is 44.3 Å². The minimum Gasteiger partial charge on any atom is -0.481 e. The second-order valence-electron chi connectivity index (χ2n) is 9.05. The second kappa shape index (κ2) is 12.5. The molecule has 37 heavy (non-hydrogen) atoms. The lowest BCUT2D eigenvalue weighted by Crippen LogP contribution is -2.42. The van der Waals surface area contributed by atoms with Crippen molar-refractivity contribution >= 4 is 23.9 Å². The quantitative estimate of drug-likeness (QED) is 0.314. The van der Waals surface area contributed by atoms with Gasteiger partial charge in [-0.25, -0.2) is 19.2 Å². The van der Waals surface area contributed by atoms with Gasteiger partial charge in [0.25, 0.3) is 0 Å². The van der Waals surface area contributed by atoms with Crippen LogP contribution in [0.25, 0.3) is 0 Å². The normalized spacial score (nSPS) is 15.3. The van der Waals surface area contributed by atoms with E-state index in [-0.39, 0.29) is 5.82 Å². The third kappa shape index (κ3) is 8.44. The fraction of sp³-hybridized carbons (Fsp3) is 0.458. The molecule has 202 valence electrons. The number of aliphatic hydroxyl groups is 2. The first-order valence-electron chi connectivity index (χ1n) is 11.3. The molecule has 1 aliphatic heterocycles. The monoisotopic (exact) mass is 522 g/mol. The zero-order chi connectivity index (χ0) is 27.8. The van der Waals surface area contributed by atoms with E-state index in [0.717, 1.165) is 12.1 Å². The van der Waals surface area contributed by atoms with E-state index >= 15 is 0 Å². The number of hydrogen-bond acceptors (Lipinski definition) is 9. The van der Waals surface area contributed by atoms with Crippen LogP contribution in [0.4, 0.5) is 10.3 Å². The summed E-state index contributed by atoms with van der Waals surface area (Å²) in [4.78, 5) is 43.2. The van der Waals surface area contributed by atoms with E-state index in [1.165, 1.54) is 6.07 Å². The average molecular weight is 523 g/mol. The van der Waals surface area contributed by atoms with Crippen molar-refractivity contribution in [3.8, 4) is 0 Å². The van der Waals surface area contributed by atoms with Gasteiger partial charge in [-0.1, -0.05) is 18.2 Å². The fourth-order valence-corrected chi connectivity index (χ4v) is 3.82. The van der Waals surface area contributed by atoms with Gasteiger partial charge in [0.15, 0.2) is 5.60 Å². The number of carbonyl (C=O) groups is 3. The molecular weight excluding hydrogens is 491 g/mol. The average Bonchev–Trinajstić information content (AvgIpc) is 2.80. The predicted molar refractivity (Wildman–Crippen MR) is 128 cm³/mol. The smallest absolute Gasteiger partial charge is 0.336 e. The molecule has 0 amide bonds. The largest absolute Gasteiger partial charge is 0.481 e. The summed E-state index contributed by atoms with van der Waals surface area (Å²) in [5.41, 5.74) is -2.37. The number of rotatable bonds is 9. The van der Waals surface area contributed by atoms with Gasteiger partial charge in [-0.3, -0.25) is 14.5 Å². The van der Waals surface area contributed by atoms with Crippen LogP contribution < -0.4 is 4.90 Å². The Labute approximate surface area is 212 Å². The summed E-state index contributed by atoms with van der Waals surface area (Å²) in [5, 5.41) is 44.6. The molecule has 2 heterocycles. The first kappa shape index (κ1) is 29.5. The number of aliphatic carboxylic acids is 3. The molecule has 1 aliphatic rings. The lowest BCUT2D eigenvalue weighted by molar-refractivity contribution is -0.170. The van der Waals surface area contributed by atoms with Gasteiger partial charge in [0.1, 0.15) is 5.82 Å². The fourth-order valence-electron chi connectivity index (χ4n) is 3.82. The lowest BCUT2D eigenvalue weighted by atomic mass is 9.84. The van der Waals surface area contributed by atoms with Crippen LogP contribution in [-0.4, -0.2) is 91.1 Å². The number of nitrogens with zero attached hydrogens (tertiary/aromatic N) is 4. The minimum absolute atomic E-state index is 0.332. The first-order valence-corrected chi connectivity index (χ1v) is 11.3. The van der Waals surface area contributed by atoms with Crippen LogP contribution in [-0.2, 0) is 26.5 Å². The van der Waals surface area contributed by atoms with Crippen molar-refractivity contribution in [2.24, 2.45) is 0 Å². The maximum Gasteiger partial charge on any atom is 0.336 e. The SMILES string of the molecule is CN(C)c1ncc(CN2CCC(O)(c3ccccc3F)CC2)cn1.O=C(O)CC(O)(CC(=O)O)C(=O)O. The molecule has 1 fully saturated rings. The maximum absolute atomic E-state index is 14.0. The third-order valence-corrected chi connectivity index (χ3v) is 5.84. The summed E-state index contributed by atoms with van der Waals surface area (Å²) in [7, 11) is 3.81. The number of piperidine rings is 1. The highest BCUT2D eigenvalue weighted by molar-refractivity contribution is 5.88. The highest BCUT2D eigenvalue weighted by atomic mass is 19.1. The Bertz CT molecular complexity index is 1070. The number of aromatic nitrogens is 2. The summed E-state index contributed by atoms with van der Waals surface area (Å²) in [6.07, 6.45) is 2.42. The highest BCUT2D eigenvalue weighted by Gasteiger charge is 2.41. The number of benzene rings is 1. The number of hydrogen-bond donors (Lipinski definition) is 5. The lowest BCUT2D eigenvalue weighted by Gasteiger charge is -2.38. The molecule has 12 nitrogen and oxygen atoms in total. The number of halogens is 1. The second-order valence-corrected chi connectivity index (χ2v) is 9.05. The summed E-state index contributed by atoms with van der Waals surface area (Å²) in [6, 6.07) is 6.50. The summed E-state index contributed by atoms with van der Waals surface area (Å²) in [6.45, 7) is 2.15. The zero-order valence-corrected chi connectivity index (χ0v) is 20.5. The van der Waals surface area contributed by atoms with E-state index in [1.807, 2.05) is 31.4 Å². The number of carboxylic acid groups (broad SMARTS) is 3. The van der Waals surface area contributed by atoms with Crippen molar-refractivity contribution in [1.82, 2.24) is 14.9 Å². The maximum atomic E-state index is 14.0. The van der Waals surface area contributed by atoms with E-state index in [1.54, 1.807) is 18.2 Å². The molecule has 13 heteroatoms. The summed E-state index contributed by atoms with van der Waals surface area (Å²) < 4.78 is 14.0. The van der Waals surface area contributed by atoms with Crippen LogP contribution >= 0.6 is 0 Å². The Morgan fingerprint density at radius 3 is 1.97 bits per heavy atom. The standard InChI is InChI=1S/C18H23FN4O.C6H8O7/c1-22(2)17-20-11-14(12-21-17)13-23-9-7-18(24,8-10-23)15-5-3-4-6-16(15)19;7-3(8)1-6(13,5(11)12)2-4(9)10/h3-6,11-12,24H,7-10,13H2,1-2H3;13H,1-2H2,(H,7,8)(H,9,10)(H,11,12). The highest BCUT2D eigenvalue weighted by Crippen LogP contribution is 2.34. The van der Waals surface area contributed by atoms with E-state index in [9.17, 15) is 23.9 Å².